The van der Waals surface area contributed by atoms with Crippen molar-refractivity contribution in [1.82, 2.24) is 20.0 Å². The standard InChI is InChI=1S/C23H26N6OS/c1-15-22-18(16-6-8-17(31-2)9-7-16)14-21(30)24-23(22)29(27-15)20-11-10-19(25-26-20)28-12-4-3-5-13-28/h6-11,18H,3-5,12-14H2,1-2H3,(H,24,30)/t18-/m0/s1. The molecule has 160 valence electrons. The minimum Gasteiger partial charge on any atom is -0.355 e. The third-order valence-corrected chi connectivity index (χ3v) is 6.90. The Morgan fingerprint density at radius 3 is 2.39 bits per heavy atom. The van der Waals surface area contributed by atoms with Gasteiger partial charge < -0.3 is 10.2 Å². The van der Waals surface area contributed by atoms with Crippen LogP contribution in [0.2, 0.25) is 0 Å². The minimum absolute atomic E-state index is 0.00881. The smallest absolute Gasteiger partial charge is 0.226 e. The van der Waals surface area contributed by atoms with Crippen molar-refractivity contribution in [2.45, 2.75) is 43.4 Å². The van der Waals surface area contributed by atoms with Gasteiger partial charge in [0, 0.05) is 35.9 Å². The number of hydrogen-bond acceptors (Lipinski definition) is 6. The quantitative estimate of drug-likeness (QED) is 0.622. The molecule has 0 unspecified atom stereocenters. The summed E-state index contributed by atoms with van der Waals surface area (Å²) in [6.45, 7) is 4.04. The first kappa shape index (κ1) is 20.1. The van der Waals surface area contributed by atoms with Crippen LogP contribution >= 0.6 is 11.8 Å². The number of piperidine rings is 1. The fraction of sp³-hybridized carbons (Fsp3) is 0.391. The molecule has 1 fully saturated rings. The fourth-order valence-corrected chi connectivity index (χ4v) is 4.96. The lowest BCUT2D eigenvalue weighted by atomic mass is 9.86. The third kappa shape index (κ3) is 3.80. The zero-order valence-electron chi connectivity index (χ0n) is 17.8. The van der Waals surface area contributed by atoms with Crippen LogP contribution in [0.15, 0.2) is 41.3 Å². The first-order valence-corrected chi connectivity index (χ1v) is 12.0. The zero-order valence-corrected chi connectivity index (χ0v) is 18.7. The van der Waals surface area contributed by atoms with Crippen LogP contribution in [-0.4, -0.2) is 45.2 Å². The van der Waals surface area contributed by atoms with Crippen molar-refractivity contribution in [1.29, 1.82) is 0 Å². The van der Waals surface area contributed by atoms with E-state index in [1.54, 1.807) is 16.4 Å². The largest absolute Gasteiger partial charge is 0.355 e. The lowest BCUT2D eigenvalue weighted by Crippen LogP contribution is -2.30. The molecule has 2 aliphatic rings. The number of fused-ring (bicyclic) bond motifs is 1. The number of hydrogen-bond donors (Lipinski definition) is 1. The van der Waals surface area contributed by atoms with E-state index in [4.69, 9.17) is 5.10 Å². The van der Waals surface area contributed by atoms with Gasteiger partial charge in [-0.1, -0.05) is 12.1 Å². The van der Waals surface area contributed by atoms with E-state index >= 15 is 0 Å². The molecular formula is C23H26N6OS. The molecule has 1 saturated heterocycles. The van der Waals surface area contributed by atoms with Crippen LogP contribution in [0.4, 0.5) is 11.6 Å². The van der Waals surface area contributed by atoms with Crippen LogP contribution < -0.4 is 10.2 Å². The summed E-state index contributed by atoms with van der Waals surface area (Å²) in [4.78, 5) is 16.1. The Labute approximate surface area is 186 Å². The summed E-state index contributed by atoms with van der Waals surface area (Å²) in [5.41, 5.74) is 3.08. The van der Waals surface area contributed by atoms with Crippen molar-refractivity contribution in [3.8, 4) is 5.82 Å². The number of nitrogens with one attached hydrogen (secondary N) is 1. The maximum atomic E-state index is 12.6. The molecule has 1 amide bonds. The van der Waals surface area contributed by atoms with Crippen LogP contribution in [0.1, 0.15) is 48.4 Å². The van der Waals surface area contributed by atoms with Gasteiger partial charge >= 0.3 is 0 Å². The van der Waals surface area contributed by atoms with E-state index in [9.17, 15) is 4.79 Å². The van der Waals surface area contributed by atoms with Crippen molar-refractivity contribution in [3.05, 3.63) is 53.2 Å². The summed E-state index contributed by atoms with van der Waals surface area (Å²) in [5.74, 6) is 2.19. The highest BCUT2D eigenvalue weighted by atomic mass is 32.2. The molecule has 2 aromatic heterocycles. The molecule has 2 aliphatic heterocycles. The number of thioether (sulfide) groups is 1. The Balaban J connectivity index is 1.50. The average Bonchev–Trinajstić information content (AvgIpc) is 3.15. The highest BCUT2D eigenvalue weighted by Crippen LogP contribution is 2.40. The number of nitrogens with zero attached hydrogens (tertiary/aromatic N) is 5. The van der Waals surface area contributed by atoms with E-state index in [0.717, 1.165) is 35.7 Å². The van der Waals surface area contributed by atoms with Crippen LogP contribution in [0.5, 0.6) is 0 Å². The van der Waals surface area contributed by atoms with Gasteiger partial charge in [-0.25, -0.2) is 0 Å². The Kier molecular flexibility index (Phi) is 5.40. The van der Waals surface area contributed by atoms with Gasteiger partial charge in [-0.2, -0.15) is 9.78 Å². The molecular weight excluding hydrogens is 408 g/mol. The summed E-state index contributed by atoms with van der Waals surface area (Å²) in [6.07, 6.45) is 6.15. The highest BCUT2D eigenvalue weighted by Gasteiger charge is 2.33. The predicted molar refractivity (Wildman–Crippen MR) is 123 cm³/mol. The molecule has 3 aromatic rings. The highest BCUT2D eigenvalue weighted by molar-refractivity contribution is 7.98. The fourth-order valence-electron chi connectivity index (χ4n) is 4.56. The van der Waals surface area contributed by atoms with E-state index in [1.165, 1.54) is 24.2 Å². The Morgan fingerprint density at radius 2 is 1.71 bits per heavy atom. The minimum atomic E-state index is -0.0195. The molecule has 1 aromatic carbocycles. The number of anilines is 2. The maximum Gasteiger partial charge on any atom is 0.226 e. The van der Waals surface area contributed by atoms with Gasteiger partial charge in [-0.3, -0.25) is 4.79 Å². The van der Waals surface area contributed by atoms with Crippen molar-refractivity contribution in [2.75, 3.05) is 29.6 Å². The summed E-state index contributed by atoms with van der Waals surface area (Å²) in [6, 6.07) is 12.4. The second-order valence-corrected chi connectivity index (χ2v) is 9.01. The summed E-state index contributed by atoms with van der Waals surface area (Å²) in [7, 11) is 0. The van der Waals surface area contributed by atoms with E-state index in [2.05, 4.69) is 50.9 Å². The normalized spacial score (nSPS) is 18.6. The number of aromatic nitrogens is 4. The second-order valence-electron chi connectivity index (χ2n) is 8.13. The SMILES string of the molecule is CSc1ccc([C@@H]2CC(=O)Nc3c2c(C)nn3-c2ccc(N3CCCCC3)nn2)cc1. The molecule has 5 rings (SSSR count). The Hall–Kier alpha value is -2.87. The molecule has 0 aliphatic carbocycles. The van der Waals surface area contributed by atoms with Crippen molar-refractivity contribution < 1.29 is 4.79 Å². The topological polar surface area (TPSA) is 75.9 Å². The number of carbonyl (C=O) groups is 1. The van der Waals surface area contributed by atoms with Gasteiger partial charge in [0.05, 0.1) is 5.69 Å². The van der Waals surface area contributed by atoms with Crippen molar-refractivity contribution >= 4 is 29.3 Å². The molecule has 1 atom stereocenters. The number of amides is 1. The molecule has 0 bridgehead atoms. The van der Waals surface area contributed by atoms with Gasteiger partial charge in [0.25, 0.3) is 0 Å². The molecule has 7 nitrogen and oxygen atoms in total. The number of aryl methyl sites for hydroxylation is 1. The van der Waals surface area contributed by atoms with Gasteiger partial charge in [-0.15, -0.1) is 22.0 Å². The molecule has 1 N–H and O–H groups in total. The lowest BCUT2D eigenvalue weighted by Gasteiger charge is -2.27. The second kappa shape index (κ2) is 8.34. The molecule has 0 saturated carbocycles. The predicted octanol–water partition coefficient (Wildman–Crippen LogP) is 4.16. The van der Waals surface area contributed by atoms with Crippen LogP contribution in [0, 0.1) is 6.92 Å². The van der Waals surface area contributed by atoms with E-state index < -0.39 is 0 Å². The van der Waals surface area contributed by atoms with E-state index in [1.807, 2.05) is 19.1 Å². The van der Waals surface area contributed by atoms with Gasteiger partial charge in [0.2, 0.25) is 5.91 Å². The molecule has 8 heteroatoms. The zero-order chi connectivity index (χ0) is 21.4. The lowest BCUT2D eigenvalue weighted by molar-refractivity contribution is -0.116. The molecule has 31 heavy (non-hydrogen) atoms. The molecule has 0 spiro atoms. The van der Waals surface area contributed by atoms with Gasteiger partial charge in [0.1, 0.15) is 5.82 Å². The van der Waals surface area contributed by atoms with E-state index in [0.29, 0.717) is 18.1 Å². The first-order chi connectivity index (χ1) is 15.1. The maximum absolute atomic E-state index is 12.6. The number of carbonyl (C=O) groups excluding carboxylic acids is 1. The van der Waals surface area contributed by atoms with Gasteiger partial charge in [-0.05, 0) is 62.3 Å². The Morgan fingerprint density at radius 1 is 1.00 bits per heavy atom. The van der Waals surface area contributed by atoms with Crippen LogP contribution in [0.25, 0.3) is 5.82 Å². The summed E-state index contributed by atoms with van der Waals surface area (Å²) < 4.78 is 1.72. The summed E-state index contributed by atoms with van der Waals surface area (Å²) in [5, 5.41) is 16.7. The first-order valence-electron chi connectivity index (χ1n) is 10.8. The van der Waals surface area contributed by atoms with Crippen LogP contribution in [-0.2, 0) is 4.79 Å². The number of rotatable bonds is 4. The Bertz CT molecular complexity index is 1090. The number of benzene rings is 1. The monoisotopic (exact) mass is 434 g/mol. The van der Waals surface area contributed by atoms with Crippen molar-refractivity contribution in [2.24, 2.45) is 0 Å². The van der Waals surface area contributed by atoms with Crippen LogP contribution in [0.3, 0.4) is 0 Å². The third-order valence-electron chi connectivity index (χ3n) is 6.15. The molecule has 0 radical (unpaired) electrons. The average molecular weight is 435 g/mol. The van der Waals surface area contributed by atoms with Crippen molar-refractivity contribution in [3.63, 3.8) is 0 Å². The van der Waals surface area contributed by atoms with E-state index in [-0.39, 0.29) is 11.8 Å². The summed E-state index contributed by atoms with van der Waals surface area (Å²) >= 11 is 1.71. The van der Waals surface area contributed by atoms with Gasteiger partial charge in [0.15, 0.2) is 11.6 Å². The molecule has 4 heterocycles.